The van der Waals surface area contributed by atoms with Gasteiger partial charge >= 0.3 is 0 Å². The van der Waals surface area contributed by atoms with Crippen molar-refractivity contribution in [1.82, 2.24) is 10.2 Å². The van der Waals surface area contributed by atoms with Crippen molar-refractivity contribution in [3.8, 4) is 0 Å². The van der Waals surface area contributed by atoms with Gasteiger partial charge in [0.15, 0.2) is 16.8 Å². The largest absolute Gasteiger partial charge is 0.365 e. The molecule has 2 fully saturated rings. The molecule has 7 heteroatoms. The van der Waals surface area contributed by atoms with Crippen molar-refractivity contribution < 1.29 is 9.47 Å². The Morgan fingerprint density at radius 3 is 3.05 bits per heavy atom. The van der Waals surface area contributed by atoms with E-state index >= 15 is 0 Å². The zero-order valence-electron chi connectivity index (χ0n) is 10.4. The van der Waals surface area contributed by atoms with Crippen LogP contribution in [0.1, 0.15) is 12.8 Å². The molecule has 0 aromatic carbocycles. The normalized spacial score (nSPS) is 27.8. The molecule has 0 radical (unpaired) electrons. The Labute approximate surface area is 116 Å². The Morgan fingerprint density at radius 1 is 1.37 bits per heavy atom. The van der Waals surface area contributed by atoms with Gasteiger partial charge in [-0.1, -0.05) is 11.6 Å². The lowest BCUT2D eigenvalue weighted by Gasteiger charge is -2.47. The fourth-order valence-electron chi connectivity index (χ4n) is 3.22. The molecule has 0 saturated carbocycles. The molecule has 1 aromatic rings. The first kappa shape index (κ1) is 11.7. The van der Waals surface area contributed by atoms with Crippen LogP contribution in [0.3, 0.4) is 0 Å². The first-order valence-electron chi connectivity index (χ1n) is 6.57. The summed E-state index contributed by atoms with van der Waals surface area (Å²) < 4.78 is 11.6. The fraction of sp³-hybridized carbons (Fsp3) is 0.667. The number of aromatic nitrogens is 2. The van der Waals surface area contributed by atoms with Crippen molar-refractivity contribution in [3.63, 3.8) is 0 Å². The van der Waals surface area contributed by atoms with Crippen molar-refractivity contribution in [2.45, 2.75) is 24.7 Å². The number of halogens is 1. The van der Waals surface area contributed by atoms with Gasteiger partial charge in [0.1, 0.15) is 0 Å². The third-order valence-corrected chi connectivity index (χ3v) is 4.28. The number of hydrogen-bond acceptors (Lipinski definition) is 6. The second-order valence-corrected chi connectivity index (χ2v) is 5.58. The highest BCUT2D eigenvalue weighted by Gasteiger charge is 2.45. The van der Waals surface area contributed by atoms with Crippen molar-refractivity contribution in [2.75, 3.05) is 36.5 Å². The van der Waals surface area contributed by atoms with Crippen LogP contribution in [0.25, 0.3) is 0 Å². The van der Waals surface area contributed by atoms with Crippen LogP contribution in [-0.4, -0.2) is 48.3 Å². The van der Waals surface area contributed by atoms with Crippen LogP contribution in [0, 0.1) is 0 Å². The summed E-state index contributed by atoms with van der Waals surface area (Å²) in [6.45, 7) is 3.13. The monoisotopic (exact) mass is 282 g/mol. The average Bonchev–Trinajstić information content (AvgIpc) is 2.86. The van der Waals surface area contributed by atoms with E-state index in [1.54, 1.807) is 0 Å². The number of ether oxygens (including phenoxy) is 2. The molecule has 19 heavy (non-hydrogen) atoms. The van der Waals surface area contributed by atoms with E-state index in [2.05, 4.69) is 20.4 Å². The number of piperidine rings is 1. The predicted molar refractivity (Wildman–Crippen MR) is 70.5 cm³/mol. The maximum Gasteiger partial charge on any atom is 0.172 e. The SMILES string of the molecule is Clc1cc2c(nn1)NCC1CC3(CCN21)OCCO3. The summed E-state index contributed by atoms with van der Waals surface area (Å²) in [4.78, 5) is 2.34. The second-order valence-electron chi connectivity index (χ2n) is 5.19. The fourth-order valence-corrected chi connectivity index (χ4v) is 3.36. The Bertz CT molecular complexity index is 507. The molecule has 3 aliphatic rings. The first-order valence-corrected chi connectivity index (χ1v) is 6.95. The molecular weight excluding hydrogens is 268 g/mol. The minimum Gasteiger partial charge on any atom is -0.365 e. The Balaban J connectivity index is 1.64. The minimum atomic E-state index is -0.370. The summed E-state index contributed by atoms with van der Waals surface area (Å²) in [5.74, 6) is 0.440. The van der Waals surface area contributed by atoms with Crippen LogP contribution in [0.15, 0.2) is 6.07 Å². The molecule has 0 bridgehead atoms. The summed E-state index contributed by atoms with van der Waals surface area (Å²) in [6, 6.07) is 2.22. The molecule has 4 heterocycles. The molecule has 6 nitrogen and oxygen atoms in total. The highest BCUT2D eigenvalue weighted by Crippen LogP contribution is 2.40. The van der Waals surface area contributed by atoms with E-state index in [1.807, 2.05) is 6.07 Å². The maximum absolute atomic E-state index is 5.95. The third-order valence-electron chi connectivity index (χ3n) is 4.09. The maximum atomic E-state index is 5.95. The number of rotatable bonds is 0. The van der Waals surface area contributed by atoms with Crippen molar-refractivity contribution >= 4 is 23.1 Å². The molecular formula is C12H15ClN4O2. The summed E-state index contributed by atoms with van der Waals surface area (Å²) in [5.41, 5.74) is 1.03. The van der Waals surface area contributed by atoms with Gasteiger partial charge in [0, 0.05) is 32.0 Å². The number of hydrogen-bond donors (Lipinski definition) is 1. The average molecular weight is 283 g/mol. The molecule has 0 amide bonds. The van der Waals surface area contributed by atoms with E-state index in [4.69, 9.17) is 21.1 Å². The quantitative estimate of drug-likeness (QED) is 0.773. The molecule has 3 aliphatic heterocycles. The van der Waals surface area contributed by atoms with E-state index in [0.717, 1.165) is 37.4 Å². The highest BCUT2D eigenvalue weighted by atomic mass is 35.5. The van der Waals surface area contributed by atoms with Gasteiger partial charge in [0.2, 0.25) is 0 Å². The van der Waals surface area contributed by atoms with Crippen LogP contribution in [0.2, 0.25) is 5.15 Å². The number of nitrogens with one attached hydrogen (secondary N) is 1. The zero-order chi connectivity index (χ0) is 12.9. The molecule has 2 saturated heterocycles. The molecule has 1 atom stereocenters. The summed E-state index contributed by atoms with van der Waals surface area (Å²) in [6.07, 6.45) is 1.75. The number of fused-ring (bicyclic) bond motifs is 3. The van der Waals surface area contributed by atoms with Gasteiger partial charge in [-0.15, -0.1) is 10.2 Å². The predicted octanol–water partition coefficient (Wildman–Crippen LogP) is 1.27. The summed E-state index contributed by atoms with van der Waals surface area (Å²) in [7, 11) is 0. The van der Waals surface area contributed by atoms with Crippen LogP contribution < -0.4 is 10.2 Å². The Morgan fingerprint density at radius 2 is 2.21 bits per heavy atom. The Hall–Kier alpha value is -1.11. The number of anilines is 2. The van der Waals surface area contributed by atoms with Crippen LogP contribution in [0.5, 0.6) is 0 Å². The lowest BCUT2D eigenvalue weighted by atomic mass is 9.94. The molecule has 0 aliphatic carbocycles. The van der Waals surface area contributed by atoms with Crippen molar-refractivity contribution in [1.29, 1.82) is 0 Å². The van der Waals surface area contributed by atoms with Gasteiger partial charge in [0.05, 0.1) is 24.9 Å². The number of nitrogens with zero attached hydrogens (tertiary/aromatic N) is 3. The molecule has 1 unspecified atom stereocenters. The van der Waals surface area contributed by atoms with Crippen LogP contribution in [-0.2, 0) is 9.47 Å². The van der Waals surface area contributed by atoms with Gasteiger partial charge in [-0.2, -0.15) is 0 Å². The molecule has 1 N–H and O–H groups in total. The van der Waals surface area contributed by atoms with Crippen molar-refractivity contribution in [2.24, 2.45) is 0 Å². The van der Waals surface area contributed by atoms with E-state index in [0.29, 0.717) is 24.4 Å². The van der Waals surface area contributed by atoms with Crippen LogP contribution in [0.4, 0.5) is 11.5 Å². The second kappa shape index (κ2) is 4.19. The topological polar surface area (TPSA) is 59.5 Å². The van der Waals surface area contributed by atoms with Crippen LogP contribution >= 0.6 is 11.6 Å². The highest BCUT2D eigenvalue weighted by molar-refractivity contribution is 6.29. The first-order chi connectivity index (χ1) is 9.26. The summed E-state index contributed by atoms with van der Waals surface area (Å²) >= 11 is 5.95. The van der Waals surface area contributed by atoms with E-state index in [-0.39, 0.29) is 5.79 Å². The minimum absolute atomic E-state index is 0.347. The van der Waals surface area contributed by atoms with Gasteiger partial charge < -0.3 is 19.7 Å². The summed E-state index contributed by atoms with van der Waals surface area (Å²) in [5, 5.41) is 11.7. The van der Waals surface area contributed by atoms with E-state index < -0.39 is 0 Å². The Kier molecular flexibility index (Phi) is 2.58. The van der Waals surface area contributed by atoms with Gasteiger partial charge in [-0.3, -0.25) is 0 Å². The van der Waals surface area contributed by atoms with E-state index in [9.17, 15) is 0 Å². The van der Waals surface area contributed by atoms with Gasteiger partial charge in [0.25, 0.3) is 0 Å². The van der Waals surface area contributed by atoms with Gasteiger partial charge in [-0.05, 0) is 0 Å². The lowest BCUT2D eigenvalue weighted by Crippen LogP contribution is -2.55. The van der Waals surface area contributed by atoms with Gasteiger partial charge in [-0.25, -0.2) is 0 Å². The molecule has 4 rings (SSSR count). The molecule has 1 spiro atoms. The zero-order valence-corrected chi connectivity index (χ0v) is 11.2. The van der Waals surface area contributed by atoms with E-state index in [1.165, 1.54) is 0 Å². The smallest absolute Gasteiger partial charge is 0.172 e. The third kappa shape index (κ3) is 1.86. The standard InChI is InChI=1S/C12H15ClN4O2/c13-10-5-9-11(16-15-10)14-7-8-6-12(1-2-17(8)9)18-3-4-19-12/h5,8H,1-4,6-7H2,(H,14,16). The molecule has 1 aromatic heterocycles. The lowest BCUT2D eigenvalue weighted by molar-refractivity contribution is -0.175. The molecule has 102 valence electrons. The van der Waals surface area contributed by atoms with Crippen molar-refractivity contribution in [3.05, 3.63) is 11.2 Å².